The fourth-order valence-electron chi connectivity index (χ4n) is 2.04. The lowest BCUT2D eigenvalue weighted by atomic mass is 9.67. The molecule has 6 heteroatoms. The molecule has 0 atom stereocenters. The second-order valence-electron chi connectivity index (χ2n) is 4.39. The first-order chi connectivity index (χ1) is 7.67. The van der Waals surface area contributed by atoms with Crippen molar-refractivity contribution < 1.29 is 9.42 Å². The number of carbonyl (C=O) groups excluding carboxylic acids is 1. The fraction of sp³-hybridized carbons (Fsp3) is 0.700. The largest absolute Gasteiger partial charge is 0.379 e. The molecule has 0 saturated heterocycles. The summed E-state index contributed by atoms with van der Waals surface area (Å²) in [5.74, 6) is -0.268. The summed E-state index contributed by atoms with van der Waals surface area (Å²) in [7, 11) is 0. The average Bonchev–Trinajstić information content (AvgIpc) is 2.63. The third kappa shape index (κ3) is 1.87. The van der Waals surface area contributed by atoms with Gasteiger partial charge in [-0.2, -0.15) is 0 Å². The quantitative estimate of drug-likeness (QED) is 0.794. The molecule has 0 spiro atoms. The molecule has 1 amide bonds. The second kappa shape index (κ2) is 4.11. The standard InChI is InChI=1S/C10H16N4O2/c1-2-10(4-3-5-10)6-12-9(15)7-8(11)14-16-13-7/h2-6H2,1H3,(H2,11,14)(H,12,15). The first-order valence-corrected chi connectivity index (χ1v) is 5.53. The van der Waals surface area contributed by atoms with E-state index in [0.717, 1.165) is 6.42 Å². The molecule has 1 fully saturated rings. The maximum Gasteiger partial charge on any atom is 0.277 e. The van der Waals surface area contributed by atoms with E-state index >= 15 is 0 Å². The highest BCUT2D eigenvalue weighted by Crippen LogP contribution is 2.43. The molecule has 0 unspecified atom stereocenters. The fourth-order valence-corrected chi connectivity index (χ4v) is 2.04. The van der Waals surface area contributed by atoms with Gasteiger partial charge >= 0.3 is 0 Å². The summed E-state index contributed by atoms with van der Waals surface area (Å²) in [5, 5.41) is 9.67. The predicted molar refractivity (Wildman–Crippen MR) is 57.6 cm³/mol. The van der Waals surface area contributed by atoms with E-state index in [1.165, 1.54) is 19.3 Å². The van der Waals surface area contributed by atoms with E-state index in [4.69, 9.17) is 5.73 Å². The molecule has 1 heterocycles. The highest BCUT2D eigenvalue weighted by molar-refractivity contribution is 5.95. The Hall–Kier alpha value is -1.59. The highest BCUT2D eigenvalue weighted by atomic mass is 16.6. The molecule has 1 aliphatic rings. The predicted octanol–water partition coefficient (Wildman–Crippen LogP) is 0.962. The van der Waals surface area contributed by atoms with Crippen LogP contribution in [0.25, 0.3) is 0 Å². The van der Waals surface area contributed by atoms with E-state index in [0.29, 0.717) is 6.54 Å². The van der Waals surface area contributed by atoms with E-state index in [9.17, 15) is 4.79 Å². The Labute approximate surface area is 93.5 Å². The summed E-state index contributed by atoms with van der Waals surface area (Å²) in [6, 6.07) is 0. The molecule has 0 aliphatic heterocycles. The Kier molecular flexibility index (Phi) is 2.80. The number of aromatic nitrogens is 2. The summed E-state index contributed by atoms with van der Waals surface area (Å²) in [6.45, 7) is 2.83. The van der Waals surface area contributed by atoms with Gasteiger partial charge < -0.3 is 11.1 Å². The Morgan fingerprint density at radius 3 is 2.75 bits per heavy atom. The normalized spacial score (nSPS) is 17.8. The van der Waals surface area contributed by atoms with Gasteiger partial charge in [-0.15, -0.1) is 0 Å². The lowest BCUT2D eigenvalue weighted by molar-refractivity contribution is 0.0842. The van der Waals surface area contributed by atoms with Gasteiger partial charge in [-0.05, 0) is 35.0 Å². The minimum absolute atomic E-state index is 0.0386. The number of hydrogen-bond donors (Lipinski definition) is 2. The number of amides is 1. The first-order valence-electron chi connectivity index (χ1n) is 5.53. The van der Waals surface area contributed by atoms with Crippen LogP contribution in [-0.4, -0.2) is 22.8 Å². The number of nitrogens with zero attached hydrogens (tertiary/aromatic N) is 2. The first kappa shape index (κ1) is 10.9. The smallest absolute Gasteiger partial charge is 0.277 e. The maximum atomic E-state index is 11.7. The van der Waals surface area contributed by atoms with Gasteiger partial charge in [-0.1, -0.05) is 13.3 Å². The monoisotopic (exact) mass is 224 g/mol. The molecule has 1 aliphatic carbocycles. The minimum atomic E-state index is -0.307. The molecule has 1 aromatic rings. The van der Waals surface area contributed by atoms with Gasteiger partial charge in [0.2, 0.25) is 11.5 Å². The van der Waals surface area contributed by atoms with Gasteiger partial charge in [-0.3, -0.25) is 4.79 Å². The number of anilines is 1. The van der Waals surface area contributed by atoms with Crippen LogP contribution in [0.4, 0.5) is 5.82 Å². The molecule has 1 saturated carbocycles. The van der Waals surface area contributed by atoms with Crippen molar-refractivity contribution in [1.82, 2.24) is 15.6 Å². The number of nitrogen functional groups attached to an aromatic ring is 1. The van der Waals surface area contributed by atoms with E-state index in [1.54, 1.807) is 0 Å². The molecule has 2 rings (SSSR count). The van der Waals surface area contributed by atoms with Crippen LogP contribution < -0.4 is 11.1 Å². The Morgan fingerprint density at radius 1 is 1.56 bits per heavy atom. The molecular formula is C10H16N4O2. The molecule has 88 valence electrons. The van der Waals surface area contributed by atoms with E-state index in [-0.39, 0.29) is 22.8 Å². The van der Waals surface area contributed by atoms with E-state index in [2.05, 4.69) is 27.2 Å². The second-order valence-corrected chi connectivity index (χ2v) is 4.39. The van der Waals surface area contributed by atoms with Crippen LogP contribution >= 0.6 is 0 Å². The number of hydrogen-bond acceptors (Lipinski definition) is 5. The van der Waals surface area contributed by atoms with Crippen LogP contribution in [0.5, 0.6) is 0 Å². The van der Waals surface area contributed by atoms with Crippen molar-refractivity contribution in [2.45, 2.75) is 32.6 Å². The zero-order valence-corrected chi connectivity index (χ0v) is 9.32. The van der Waals surface area contributed by atoms with Crippen LogP contribution in [0.2, 0.25) is 0 Å². The summed E-state index contributed by atoms with van der Waals surface area (Å²) < 4.78 is 4.38. The third-order valence-corrected chi connectivity index (χ3v) is 3.52. The molecule has 1 aromatic heterocycles. The lowest BCUT2D eigenvalue weighted by Crippen LogP contribution is -2.41. The number of nitrogens with one attached hydrogen (secondary N) is 1. The lowest BCUT2D eigenvalue weighted by Gasteiger charge is -2.41. The molecule has 3 N–H and O–H groups in total. The molecule has 6 nitrogen and oxygen atoms in total. The van der Waals surface area contributed by atoms with Gasteiger partial charge in [0.25, 0.3) is 5.91 Å². The van der Waals surface area contributed by atoms with Crippen molar-refractivity contribution >= 4 is 11.7 Å². The topological polar surface area (TPSA) is 94.0 Å². The van der Waals surface area contributed by atoms with E-state index in [1.807, 2.05) is 0 Å². The molecular weight excluding hydrogens is 208 g/mol. The third-order valence-electron chi connectivity index (χ3n) is 3.52. The van der Waals surface area contributed by atoms with Gasteiger partial charge in [0.15, 0.2) is 0 Å². The van der Waals surface area contributed by atoms with Gasteiger partial charge in [0.05, 0.1) is 0 Å². The Bertz CT molecular complexity index is 378. The number of carbonyl (C=O) groups is 1. The molecule has 0 aromatic carbocycles. The maximum absolute atomic E-state index is 11.7. The Morgan fingerprint density at radius 2 is 2.31 bits per heavy atom. The summed E-state index contributed by atoms with van der Waals surface area (Å²) in [5.41, 5.74) is 5.79. The van der Waals surface area contributed by atoms with Crippen molar-refractivity contribution in [3.05, 3.63) is 5.69 Å². The van der Waals surface area contributed by atoms with E-state index < -0.39 is 0 Å². The zero-order chi connectivity index (χ0) is 11.6. The number of rotatable bonds is 4. The van der Waals surface area contributed by atoms with Crippen LogP contribution in [0.15, 0.2) is 4.63 Å². The van der Waals surface area contributed by atoms with Gasteiger partial charge in [-0.25, -0.2) is 4.63 Å². The van der Waals surface area contributed by atoms with Gasteiger partial charge in [0, 0.05) is 6.54 Å². The molecule has 16 heavy (non-hydrogen) atoms. The highest BCUT2D eigenvalue weighted by Gasteiger charge is 2.35. The summed E-state index contributed by atoms with van der Waals surface area (Å²) >= 11 is 0. The summed E-state index contributed by atoms with van der Waals surface area (Å²) in [6.07, 6.45) is 4.68. The number of nitrogens with two attached hydrogens (primary N) is 1. The van der Waals surface area contributed by atoms with Crippen molar-refractivity contribution in [2.75, 3.05) is 12.3 Å². The van der Waals surface area contributed by atoms with Gasteiger partial charge in [0.1, 0.15) is 0 Å². The van der Waals surface area contributed by atoms with Crippen LogP contribution in [0.1, 0.15) is 43.1 Å². The van der Waals surface area contributed by atoms with Crippen molar-refractivity contribution in [2.24, 2.45) is 5.41 Å². The Balaban J connectivity index is 1.91. The van der Waals surface area contributed by atoms with Crippen molar-refractivity contribution in [3.63, 3.8) is 0 Å². The summed E-state index contributed by atoms with van der Waals surface area (Å²) in [4.78, 5) is 11.7. The average molecular weight is 224 g/mol. The van der Waals surface area contributed by atoms with Crippen LogP contribution in [0.3, 0.4) is 0 Å². The van der Waals surface area contributed by atoms with Crippen molar-refractivity contribution in [1.29, 1.82) is 0 Å². The molecule has 0 bridgehead atoms. The minimum Gasteiger partial charge on any atom is -0.379 e. The molecule has 0 radical (unpaired) electrons. The van der Waals surface area contributed by atoms with Crippen LogP contribution in [-0.2, 0) is 0 Å². The van der Waals surface area contributed by atoms with Crippen molar-refractivity contribution in [3.8, 4) is 0 Å². The van der Waals surface area contributed by atoms with Crippen LogP contribution in [0, 0.1) is 5.41 Å². The zero-order valence-electron chi connectivity index (χ0n) is 9.32. The SMILES string of the molecule is CCC1(CNC(=O)c2nonc2N)CCC1.